The summed E-state index contributed by atoms with van der Waals surface area (Å²) in [7, 11) is 0. The van der Waals surface area contributed by atoms with Crippen molar-refractivity contribution in [1.82, 2.24) is 10.6 Å². The molecule has 0 aliphatic heterocycles. The highest BCUT2D eigenvalue weighted by atomic mass is 16.4. The summed E-state index contributed by atoms with van der Waals surface area (Å²) in [6, 6.07) is -1.59. The molecule has 2 unspecified atom stereocenters. The van der Waals surface area contributed by atoms with Gasteiger partial charge in [0.25, 0.3) is 0 Å². The highest BCUT2D eigenvalue weighted by molar-refractivity contribution is 5.91. The maximum atomic E-state index is 11.9. The van der Waals surface area contributed by atoms with Gasteiger partial charge in [0, 0.05) is 5.41 Å². The molecule has 0 spiro atoms. The molecule has 2 amide bonds. The lowest BCUT2D eigenvalue weighted by Crippen LogP contribution is -2.52. The smallest absolute Gasteiger partial charge is 0.326 e. The molecular formula is C13H22N2O4. The molecule has 0 bridgehead atoms. The Balaban J connectivity index is 2.52. The summed E-state index contributed by atoms with van der Waals surface area (Å²) >= 11 is 0. The highest BCUT2D eigenvalue weighted by Gasteiger charge is 2.38. The van der Waals surface area contributed by atoms with Gasteiger partial charge in [-0.1, -0.05) is 20.8 Å². The van der Waals surface area contributed by atoms with E-state index in [9.17, 15) is 14.4 Å². The summed E-state index contributed by atoms with van der Waals surface area (Å²) in [5.74, 6) is -1.71. The Morgan fingerprint density at radius 3 is 2.05 bits per heavy atom. The van der Waals surface area contributed by atoms with Crippen molar-refractivity contribution in [2.24, 2.45) is 11.3 Å². The van der Waals surface area contributed by atoms with Crippen LogP contribution in [0.3, 0.4) is 0 Å². The molecule has 0 aromatic rings. The summed E-state index contributed by atoms with van der Waals surface area (Å²) in [6.45, 7) is 6.79. The first kappa shape index (κ1) is 15.5. The first-order valence-electron chi connectivity index (χ1n) is 6.47. The third kappa shape index (κ3) is 4.54. The Morgan fingerprint density at radius 2 is 1.68 bits per heavy atom. The average molecular weight is 270 g/mol. The number of hydrogen-bond donors (Lipinski definition) is 3. The van der Waals surface area contributed by atoms with Gasteiger partial charge in [0.2, 0.25) is 11.8 Å². The van der Waals surface area contributed by atoms with Gasteiger partial charge in [0.1, 0.15) is 12.1 Å². The molecular weight excluding hydrogens is 248 g/mol. The van der Waals surface area contributed by atoms with E-state index in [4.69, 9.17) is 5.11 Å². The Morgan fingerprint density at radius 1 is 1.16 bits per heavy atom. The zero-order valence-corrected chi connectivity index (χ0v) is 11.8. The third-order valence-electron chi connectivity index (χ3n) is 3.08. The van der Waals surface area contributed by atoms with Gasteiger partial charge in [-0.2, -0.15) is 0 Å². The normalized spacial score (nSPS) is 18.3. The van der Waals surface area contributed by atoms with E-state index in [0.29, 0.717) is 0 Å². The number of aliphatic carboxylic acids is 1. The molecule has 2 atom stereocenters. The molecule has 3 N–H and O–H groups in total. The van der Waals surface area contributed by atoms with Gasteiger partial charge in [-0.05, 0) is 25.7 Å². The fourth-order valence-corrected chi connectivity index (χ4v) is 1.57. The Bertz CT molecular complexity index is 383. The second kappa shape index (κ2) is 5.59. The summed E-state index contributed by atoms with van der Waals surface area (Å²) < 4.78 is 0. The van der Waals surface area contributed by atoms with Crippen molar-refractivity contribution in [2.75, 3.05) is 0 Å². The molecule has 19 heavy (non-hydrogen) atoms. The second-order valence-corrected chi connectivity index (χ2v) is 6.11. The van der Waals surface area contributed by atoms with Crippen LogP contribution in [0.25, 0.3) is 0 Å². The van der Waals surface area contributed by atoms with Crippen LogP contribution in [0.5, 0.6) is 0 Å². The van der Waals surface area contributed by atoms with E-state index >= 15 is 0 Å². The minimum atomic E-state index is -1.02. The Kier molecular flexibility index (Phi) is 4.55. The minimum absolute atomic E-state index is 0.0203. The number of carboxylic acids is 1. The fraction of sp³-hybridized carbons (Fsp3) is 0.769. The van der Waals surface area contributed by atoms with Crippen molar-refractivity contribution in [3.05, 3.63) is 0 Å². The summed E-state index contributed by atoms with van der Waals surface area (Å²) in [5.41, 5.74) is -0.586. The van der Waals surface area contributed by atoms with Crippen LogP contribution in [0, 0.1) is 11.3 Å². The summed E-state index contributed by atoms with van der Waals surface area (Å²) in [5, 5.41) is 14.1. The van der Waals surface area contributed by atoms with Gasteiger partial charge >= 0.3 is 5.97 Å². The quantitative estimate of drug-likeness (QED) is 0.678. The predicted octanol–water partition coefficient (Wildman–Crippen LogP) is 0.517. The molecule has 108 valence electrons. The van der Waals surface area contributed by atoms with Crippen molar-refractivity contribution < 1.29 is 19.5 Å². The maximum Gasteiger partial charge on any atom is 0.326 e. The second-order valence-electron chi connectivity index (χ2n) is 6.11. The predicted molar refractivity (Wildman–Crippen MR) is 69.4 cm³/mol. The lowest BCUT2D eigenvalue weighted by atomic mass is 9.95. The summed E-state index contributed by atoms with van der Waals surface area (Å²) in [6.07, 6.45) is 1.64. The van der Waals surface area contributed by atoms with E-state index in [0.717, 1.165) is 12.8 Å². The molecule has 0 heterocycles. The topological polar surface area (TPSA) is 95.5 Å². The monoisotopic (exact) mass is 270 g/mol. The van der Waals surface area contributed by atoms with Crippen molar-refractivity contribution in [3.8, 4) is 0 Å². The average Bonchev–Trinajstić information content (AvgIpc) is 3.07. The molecule has 6 nitrogen and oxygen atoms in total. The van der Waals surface area contributed by atoms with Crippen LogP contribution in [0.15, 0.2) is 0 Å². The first-order valence-corrected chi connectivity index (χ1v) is 6.47. The first-order chi connectivity index (χ1) is 8.62. The zero-order valence-electron chi connectivity index (χ0n) is 11.8. The fourth-order valence-electron chi connectivity index (χ4n) is 1.57. The van der Waals surface area contributed by atoms with Crippen molar-refractivity contribution in [3.63, 3.8) is 0 Å². The SMILES string of the molecule is CC(NC(=O)C(C)(C)C)C(=O)NC(C(=O)O)C1CC1. The van der Waals surface area contributed by atoms with Gasteiger partial charge < -0.3 is 15.7 Å². The van der Waals surface area contributed by atoms with Crippen LogP contribution >= 0.6 is 0 Å². The van der Waals surface area contributed by atoms with E-state index in [1.807, 2.05) is 0 Å². The standard InChI is InChI=1S/C13H22N2O4/c1-7(14-12(19)13(2,3)4)10(16)15-9(11(17)18)8-5-6-8/h7-9H,5-6H2,1-4H3,(H,14,19)(H,15,16)(H,17,18). The Hall–Kier alpha value is -1.59. The molecule has 1 aliphatic carbocycles. The van der Waals surface area contributed by atoms with Crippen LogP contribution in [-0.2, 0) is 14.4 Å². The number of rotatable bonds is 5. The van der Waals surface area contributed by atoms with Gasteiger partial charge in [-0.3, -0.25) is 9.59 Å². The van der Waals surface area contributed by atoms with E-state index in [2.05, 4.69) is 10.6 Å². The van der Waals surface area contributed by atoms with Crippen LogP contribution in [0.2, 0.25) is 0 Å². The van der Waals surface area contributed by atoms with E-state index in [-0.39, 0.29) is 11.8 Å². The third-order valence-corrected chi connectivity index (χ3v) is 3.08. The van der Waals surface area contributed by atoms with Gasteiger partial charge in [-0.15, -0.1) is 0 Å². The Labute approximate surface area is 112 Å². The molecule has 1 rings (SSSR count). The van der Waals surface area contributed by atoms with Gasteiger partial charge in [0.15, 0.2) is 0 Å². The molecule has 0 aromatic carbocycles. The number of carbonyl (C=O) groups is 3. The highest BCUT2D eigenvalue weighted by Crippen LogP contribution is 2.32. The number of nitrogens with one attached hydrogen (secondary N) is 2. The zero-order chi connectivity index (χ0) is 14.8. The largest absolute Gasteiger partial charge is 0.480 e. The lowest BCUT2D eigenvalue weighted by molar-refractivity contribution is -0.143. The molecule has 1 aliphatic rings. The van der Waals surface area contributed by atoms with Crippen molar-refractivity contribution in [1.29, 1.82) is 0 Å². The molecule has 0 aromatic heterocycles. The lowest BCUT2D eigenvalue weighted by Gasteiger charge is -2.22. The van der Waals surface area contributed by atoms with Crippen molar-refractivity contribution >= 4 is 17.8 Å². The van der Waals surface area contributed by atoms with Gasteiger partial charge in [0.05, 0.1) is 0 Å². The van der Waals surface area contributed by atoms with Crippen LogP contribution < -0.4 is 10.6 Å². The van der Waals surface area contributed by atoms with E-state index in [1.54, 1.807) is 27.7 Å². The van der Waals surface area contributed by atoms with E-state index < -0.39 is 29.4 Å². The molecule has 1 saturated carbocycles. The van der Waals surface area contributed by atoms with Gasteiger partial charge in [-0.25, -0.2) is 4.79 Å². The summed E-state index contributed by atoms with van der Waals surface area (Å²) in [4.78, 5) is 34.6. The van der Waals surface area contributed by atoms with Crippen LogP contribution in [0.1, 0.15) is 40.5 Å². The molecule has 0 saturated heterocycles. The number of hydrogen-bond acceptors (Lipinski definition) is 3. The maximum absolute atomic E-state index is 11.9. The molecule has 1 fully saturated rings. The number of carbonyl (C=O) groups excluding carboxylic acids is 2. The van der Waals surface area contributed by atoms with Crippen LogP contribution in [-0.4, -0.2) is 35.0 Å². The van der Waals surface area contributed by atoms with E-state index in [1.165, 1.54) is 0 Å². The van der Waals surface area contributed by atoms with Crippen molar-refractivity contribution in [2.45, 2.75) is 52.6 Å². The molecule has 6 heteroatoms. The number of amides is 2. The number of carboxylic acid groups (broad SMARTS) is 1. The molecule has 0 radical (unpaired) electrons. The van der Waals surface area contributed by atoms with Crippen LogP contribution in [0.4, 0.5) is 0 Å². The minimum Gasteiger partial charge on any atom is -0.480 e.